The minimum absolute atomic E-state index is 0.0975. The summed E-state index contributed by atoms with van der Waals surface area (Å²) < 4.78 is 0. The Morgan fingerprint density at radius 1 is 1.41 bits per heavy atom. The average Bonchev–Trinajstić information content (AvgIpc) is 2.82. The Labute approximate surface area is 98.9 Å². The lowest BCUT2D eigenvalue weighted by Crippen LogP contribution is -2.13. The van der Waals surface area contributed by atoms with E-state index in [4.69, 9.17) is 5.26 Å². The van der Waals surface area contributed by atoms with Gasteiger partial charge in [0.2, 0.25) is 5.91 Å². The number of nitriles is 1. The largest absolute Gasteiger partial charge is 0.367 e. The second kappa shape index (κ2) is 4.99. The highest BCUT2D eigenvalue weighted by atomic mass is 16.1. The van der Waals surface area contributed by atoms with Gasteiger partial charge < -0.3 is 10.3 Å². The maximum Gasteiger partial charge on any atom is 0.228 e. The highest BCUT2D eigenvalue weighted by Gasteiger charge is 2.04. The molecule has 1 heterocycles. The topological polar surface area (TPSA) is 68.7 Å². The number of H-pyrrole nitrogens is 1. The Kier molecular flexibility index (Phi) is 3.22. The molecule has 0 aliphatic rings. The van der Waals surface area contributed by atoms with Crippen LogP contribution in [0.5, 0.6) is 0 Å². The van der Waals surface area contributed by atoms with Gasteiger partial charge >= 0.3 is 0 Å². The van der Waals surface area contributed by atoms with Crippen molar-refractivity contribution in [1.29, 1.82) is 5.26 Å². The summed E-state index contributed by atoms with van der Waals surface area (Å²) in [5, 5.41) is 11.5. The molecular weight excluding hydrogens is 214 g/mol. The summed E-state index contributed by atoms with van der Waals surface area (Å²) in [6.07, 6.45) is 3.88. The van der Waals surface area contributed by atoms with E-state index in [9.17, 15) is 4.79 Å². The van der Waals surface area contributed by atoms with Crippen molar-refractivity contribution in [2.45, 2.75) is 6.42 Å². The predicted octanol–water partition coefficient (Wildman–Crippen LogP) is 2.07. The first-order valence-electron chi connectivity index (χ1n) is 5.19. The molecule has 84 valence electrons. The Morgan fingerprint density at radius 3 is 3.00 bits per heavy atom. The number of nitrogens with zero attached hydrogens (tertiary/aromatic N) is 1. The van der Waals surface area contributed by atoms with Crippen molar-refractivity contribution < 1.29 is 4.79 Å². The molecule has 0 bridgehead atoms. The van der Waals surface area contributed by atoms with Gasteiger partial charge in [0.15, 0.2) is 0 Å². The summed E-state index contributed by atoms with van der Waals surface area (Å²) in [6.45, 7) is 0. The second-order valence-corrected chi connectivity index (χ2v) is 3.64. The van der Waals surface area contributed by atoms with E-state index in [1.54, 1.807) is 36.7 Å². The van der Waals surface area contributed by atoms with Crippen LogP contribution in [0.4, 0.5) is 5.69 Å². The second-order valence-electron chi connectivity index (χ2n) is 3.64. The van der Waals surface area contributed by atoms with Crippen LogP contribution in [0.3, 0.4) is 0 Å². The lowest BCUT2D eigenvalue weighted by Gasteiger charge is -2.04. The van der Waals surface area contributed by atoms with Crippen LogP contribution in [-0.2, 0) is 11.2 Å². The average molecular weight is 225 g/mol. The fourth-order valence-corrected chi connectivity index (χ4v) is 1.53. The van der Waals surface area contributed by atoms with Crippen LogP contribution in [0.15, 0.2) is 42.7 Å². The molecule has 0 aliphatic heterocycles. The van der Waals surface area contributed by atoms with Crippen LogP contribution in [0.25, 0.3) is 0 Å². The van der Waals surface area contributed by atoms with Crippen molar-refractivity contribution >= 4 is 11.6 Å². The highest BCUT2D eigenvalue weighted by molar-refractivity contribution is 5.92. The summed E-state index contributed by atoms with van der Waals surface area (Å²) in [5.74, 6) is -0.0975. The fraction of sp³-hybridized carbons (Fsp3) is 0.0769. The quantitative estimate of drug-likeness (QED) is 0.839. The first kappa shape index (κ1) is 11.0. The molecule has 2 aromatic rings. The van der Waals surface area contributed by atoms with E-state index in [0.29, 0.717) is 17.7 Å². The van der Waals surface area contributed by atoms with Crippen molar-refractivity contribution in [2.24, 2.45) is 0 Å². The normalized spacial score (nSPS) is 9.59. The van der Waals surface area contributed by atoms with E-state index < -0.39 is 0 Å². The van der Waals surface area contributed by atoms with Crippen LogP contribution >= 0.6 is 0 Å². The smallest absolute Gasteiger partial charge is 0.228 e. The Balaban J connectivity index is 2.01. The number of nitrogens with one attached hydrogen (secondary N) is 2. The molecular formula is C13H11N3O. The summed E-state index contributed by atoms with van der Waals surface area (Å²) in [7, 11) is 0. The van der Waals surface area contributed by atoms with Gasteiger partial charge in [-0.25, -0.2) is 0 Å². The van der Waals surface area contributed by atoms with Crippen molar-refractivity contribution in [1.82, 2.24) is 4.98 Å². The number of benzene rings is 1. The molecule has 0 fully saturated rings. The Hall–Kier alpha value is -2.54. The van der Waals surface area contributed by atoms with Crippen LogP contribution in [-0.4, -0.2) is 10.9 Å². The first-order chi connectivity index (χ1) is 8.28. The SMILES string of the molecule is N#Cc1cccc(NC(=O)Cc2cc[nH]c2)c1. The highest BCUT2D eigenvalue weighted by Crippen LogP contribution is 2.10. The number of aromatic nitrogens is 1. The van der Waals surface area contributed by atoms with Crippen LogP contribution in [0.2, 0.25) is 0 Å². The van der Waals surface area contributed by atoms with Crippen LogP contribution < -0.4 is 5.32 Å². The first-order valence-corrected chi connectivity index (χ1v) is 5.19. The Morgan fingerprint density at radius 2 is 2.29 bits per heavy atom. The van der Waals surface area contributed by atoms with Gasteiger partial charge in [-0.1, -0.05) is 6.07 Å². The molecule has 0 atom stereocenters. The zero-order valence-corrected chi connectivity index (χ0v) is 9.10. The molecule has 2 rings (SSSR count). The monoisotopic (exact) mass is 225 g/mol. The van der Waals surface area contributed by atoms with E-state index in [1.165, 1.54) is 0 Å². The molecule has 1 amide bonds. The molecule has 4 heteroatoms. The van der Waals surface area contributed by atoms with E-state index in [2.05, 4.69) is 10.3 Å². The van der Waals surface area contributed by atoms with Gasteiger partial charge in [0.25, 0.3) is 0 Å². The van der Waals surface area contributed by atoms with Gasteiger partial charge in [0, 0.05) is 18.1 Å². The maximum atomic E-state index is 11.7. The van der Waals surface area contributed by atoms with Crippen molar-refractivity contribution in [3.05, 3.63) is 53.9 Å². The summed E-state index contributed by atoms with van der Waals surface area (Å²) in [5.41, 5.74) is 2.10. The standard InChI is InChI=1S/C13H11N3O/c14-8-10-2-1-3-12(6-10)16-13(17)7-11-4-5-15-9-11/h1-6,9,15H,7H2,(H,16,17). The zero-order valence-electron chi connectivity index (χ0n) is 9.10. The summed E-state index contributed by atoms with van der Waals surface area (Å²) >= 11 is 0. The summed E-state index contributed by atoms with van der Waals surface area (Å²) in [6, 6.07) is 10.7. The summed E-state index contributed by atoms with van der Waals surface area (Å²) in [4.78, 5) is 14.6. The minimum Gasteiger partial charge on any atom is -0.367 e. The van der Waals surface area contributed by atoms with Gasteiger partial charge in [0.1, 0.15) is 0 Å². The third-order valence-electron chi connectivity index (χ3n) is 2.30. The minimum atomic E-state index is -0.0975. The lowest BCUT2D eigenvalue weighted by atomic mass is 10.2. The van der Waals surface area contributed by atoms with Gasteiger partial charge in [-0.05, 0) is 29.8 Å². The van der Waals surface area contributed by atoms with E-state index in [-0.39, 0.29) is 5.91 Å². The predicted molar refractivity (Wildman–Crippen MR) is 64.3 cm³/mol. The molecule has 17 heavy (non-hydrogen) atoms. The van der Waals surface area contributed by atoms with Gasteiger partial charge in [-0.2, -0.15) is 5.26 Å². The molecule has 0 saturated heterocycles. The van der Waals surface area contributed by atoms with Crippen molar-refractivity contribution in [3.63, 3.8) is 0 Å². The third kappa shape index (κ3) is 2.95. The van der Waals surface area contributed by atoms with E-state index in [0.717, 1.165) is 5.56 Å². The molecule has 1 aromatic heterocycles. The van der Waals surface area contributed by atoms with Gasteiger partial charge in [-0.15, -0.1) is 0 Å². The number of anilines is 1. The number of amides is 1. The van der Waals surface area contributed by atoms with E-state index >= 15 is 0 Å². The molecule has 4 nitrogen and oxygen atoms in total. The fourth-order valence-electron chi connectivity index (χ4n) is 1.53. The molecule has 0 saturated carbocycles. The number of rotatable bonds is 3. The number of hydrogen-bond acceptors (Lipinski definition) is 2. The van der Waals surface area contributed by atoms with Gasteiger partial charge in [-0.3, -0.25) is 4.79 Å². The number of carbonyl (C=O) groups excluding carboxylic acids is 1. The van der Waals surface area contributed by atoms with Gasteiger partial charge in [0.05, 0.1) is 18.1 Å². The zero-order chi connectivity index (χ0) is 12.1. The van der Waals surface area contributed by atoms with Crippen LogP contribution in [0, 0.1) is 11.3 Å². The number of hydrogen-bond donors (Lipinski definition) is 2. The number of aromatic amines is 1. The molecule has 0 spiro atoms. The molecule has 0 aliphatic carbocycles. The molecule has 2 N–H and O–H groups in total. The van der Waals surface area contributed by atoms with Crippen molar-refractivity contribution in [2.75, 3.05) is 5.32 Å². The molecule has 0 unspecified atom stereocenters. The number of carbonyl (C=O) groups is 1. The van der Waals surface area contributed by atoms with E-state index in [1.807, 2.05) is 12.1 Å². The maximum absolute atomic E-state index is 11.7. The molecule has 1 aromatic carbocycles. The van der Waals surface area contributed by atoms with Crippen LogP contribution in [0.1, 0.15) is 11.1 Å². The third-order valence-corrected chi connectivity index (χ3v) is 2.30. The van der Waals surface area contributed by atoms with Crippen molar-refractivity contribution in [3.8, 4) is 6.07 Å². The lowest BCUT2D eigenvalue weighted by molar-refractivity contribution is -0.115. The Bertz CT molecular complexity index is 552. The molecule has 0 radical (unpaired) electrons.